The van der Waals surface area contributed by atoms with E-state index in [4.69, 9.17) is 0 Å². The van der Waals surface area contributed by atoms with Crippen LogP contribution in [0.3, 0.4) is 0 Å². The summed E-state index contributed by atoms with van der Waals surface area (Å²) >= 11 is 3.67. The summed E-state index contributed by atoms with van der Waals surface area (Å²) in [6.45, 7) is 2.24. The first-order valence-corrected chi connectivity index (χ1v) is 10.6. The van der Waals surface area contributed by atoms with Crippen LogP contribution in [0.5, 0.6) is 0 Å². The molecular weight excluding hydrogens is 362 g/mol. The summed E-state index contributed by atoms with van der Waals surface area (Å²) < 4.78 is 1.91. The lowest BCUT2D eigenvalue weighted by Crippen LogP contribution is -2.32. The number of hydrogen-bond acceptors (Lipinski definition) is 6. The van der Waals surface area contributed by atoms with Crippen molar-refractivity contribution in [2.24, 2.45) is 0 Å². The van der Waals surface area contributed by atoms with Gasteiger partial charge in [-0.05, 0) is 35.7 Å². The zero-order chi connectivity index (χ0) is 17.3. The highest BCUT2D eigenvalue weighted by atomic mass is 32.2. The van der Waals surface area contributed by atoms with Crippen LogP contribution in [0, 0.1) is 0 Å². The lowest BCUT2D eigenvalue weighted by molar-refractivity contribution is 0.856. The second kappa shape index (κ2) is 6.74. The third-order valence-corrected chi connectivity index (χ3v) is 6.34. The Morgan fingerprint density at radius 2 is 1.73 bits per heavy atom. The van der Waals surface area contributed by atoms with E-state index in [9.17, 15) is 0 Å². The van der Waals surface area contributed by atoms with Crippen molar-refractivity contribution in [3.05, 3.63) is 54.2 Å². The van der Waals surface area contributed by atoms with Crippen LogP contribution in [0.4, 0.5) is 5.69 Å². The van der Waals surface area contributed by atoms with E-state index in [1.807, 2.05) is 46.4 Å². The molecule has 0 atom stereocenters. The van der Waals surface area contributed by atoms with E-state index >= 15 is 0 Å². The van der Waals surface area contributed by atoms with Gasteiger partial charge in [0.15, 0.2) is 5.82 Å². The minimum atomic E-state index is 0.755. The van der Waals surface area contributed by atoms with Crippen molar-refractivity contribution in [1.82, 2.24) is 19.7 Å². The zero-order valence-corrected chi connectivity index (χ0v) is 15.7. The minimum absolute atomic E-state index is 0.755. The van der Waals surface area contributed by atoms with Gasteiger partial charge in [-0.3, -0.25) is 0 Å². The van der Waals surface area contributed by atoms with Gasteiger partial charge in [0.25, 0.3) is 0 Å². The zero-order valence-electron chi connectivity index (χ0n) is 14.1. The summed E-state index contributed by atoms with van der Waals surface area (Å²) in [6.07, 6.45) is 3.67. The number of rotatable bonds is 3. The Morgan fingerprint density at radius 3 is 2.50 bits per heavy atom. The fourth-order valence-electron chi connectivity index (χ4n) is 3.18. The van der Waals surface area contributed by atoms with Crippen LogP contribution in [0.15, 0.2) is 54.2 Å². The molecule has 3 aromatic heterocycles. The lowest BCUT2D eigenvalue weighted by Gasteiger charge is -2.28. The number of thiophene rings is 1. The molecule has 0 aliphatic carbocycles. The van der Waals surface area contributed by atoms with E-state index in [0.29, 0.717) is 0 Å². The molecule has 0 N–H and O–H groups in total. The average molecular weight is 380 g/mol. The smallest absolute Gasteiger partial charge is 0.170 e. The van der Waals surface area contributed by atoms with Crippen LogP contribution in [0.25, 0.3) is 27.4 Å². The average Bonchev–Trinajstić information content (AvgIpc) is 3.38. The lowest BCUT2D eigenvalue weighted by atomic mass is 10.2. The van der Waals surface area contributed by atoms with Gasteiger partial charge in [-0.25, -0.2) is 14.6 Å². The molecule has 0 unspecified atom stereocenters. The molecule has 5 rings (SSSR count). The van der Waals surface area contributed by atoms with Crippen LogP contribution >= 0.6 is 23.1 Å². The summed E-state index contributed by atoms with van der Waals surface area (Å²) in [5.74, 6) is 3.16. The second-order valence-corrected chi connectivity index (χ2v) is 8.29. The first-order valence-electron chi connectivity index (χ1n) is 8.56. The van der Waals surface area contributed by atoms with Gasteiger partial charge in [-0.1, -0.05) is 6.07 Å². The fraction of sp³-hybridized carbons (Fsp3) is 0.211. The number of hydrogen-bond donors (Lipinski definition) is 0. The maximum Gasteiger partial charge on any atom is 0.170 e. The van der Waals surface area contributed by atoms with Crippen LogP contribution in [-0.2, 0) is 0 Å². The Hall–Kier alpha value is -2.38. The second-order valence-electron chi connectivity index (χ2n) is 6.11. The Labute approximate surface area is 159 Å². The molecule has 0 amide bonds. The summed E-state index contributed by atoms with van der Waals surface area (Å²) in [6, 6.07) is 12.7. The number of fused-ring (bicyclic) bond motifs is 1. The van der Waals surface area contributed by atoms with Gasteiger partial charge < -0.3 is 4.90 Å². The molecule has 1 saturated heterocycles. The molecule has 130 valence electrons. The molecule has 5 nitrogen and oxygen atoms in total. The molecule has 1 aliphatic rings. The highest BCUT2D eigenvalue weighted by Crippen LogP contribution is 2.25. The SMILES string of the molecule is c1csc(-c2ncc3c(cnn3-c3ccc(N4CCSCC4)cc3)n2)c1. The fourth-order valence-corrected chi connectivity index (χ4v) is 4.75. The van der Waals surface area contributed by atoms with Gasteiger partial charge in [0.2, 0.25) is 0 Å². The first-order chi connectivity index (χ1) is 12.9. The van der Waals surface area contributed by atoms with E-state index in [1.165, 1.54) is 17.2 Å². The van der Waals surface area contributed by atoms with Gasteiger partial charge >= 0.3 is 0 Å². The molecule has 26 heavy (non-hydrogen) atoms. The molecule has 1 aromatic carbocycles. The van der Waals surface area contributed by atoms with Crippen molar-refractivity contribution < 1.29 is 0 Å². The van der Waals surface area contributed by atoms with Crippen molar-refractivity contribution in [3.8, 4) is 16.4 Å². The highest BCUT2D eigenvalue weighted by molar-refractivity contribution is 7.99. The van der Waals surface area contributed by atoms with Gasteiger partial charge in [0.1, 0.15) is 11.0 Å². The molecule has 0 radical (unpaired) electrons. The maximum absolute atomic E-state index is 4.66. The Morgan fingerprint density at radius 1 is 0.923 bits per heavy atom. The summed E-state index contributed by atoms with van der Waals surface area (Å²) in [4.78, 5) is 12.7. The van der Waals surface area contributed by atoms with Gasteiger partial charge in [0, 0.05) is 30.3 Å². The van der Waals surface area contributed by atoms with E-state index in [1.54, 1.807) is 11.3 Å². The Kier molecular flexibility index (Phi) is 4.10. The first kappa shape index (κ1) is 15.8. The van der Waals surface area contributed by atoms with Crippen LogP contribution in [0.2, 0.25) is 0 Å². The number of benzene rings is 1. The maximum atomic E-state index is 4.66. The molecule has 1 aliphatic heterocycles. The third kappa shape index (κ3) is 2.87. The molecule has 1 fully saturated rings. The number of anilines is 1. The van der Waals surface area contributed by atoms with Crippen molar-refractivity contribution in [1.29, 1.82) is 0 Å². The Bertz CT molecular complexity index is 1020. The van der Waals surface area contributed by atoms with Crippen LogP contribution in [-0.4, -0.2) is 44.3 Å². The minimum Gasteiger partial charge on any atom is -0.370 e. The van der Waals surface area contributed by atoms with E-state index in [2.05, 4.69) is 44.2 Å². The predicted molar refractivity (Wildman–Crippen MR) is 110 cm³/mol. The molecule has 0 spiro atoms. The van der Waals surface area contributed by atoms with Gasteiger partial charge in [-0.15, -0.1) is 11.3 Å². The molecular formula is C19H17N5S2. The predicted octanol–water partition coefficient (Wildman–Crippen LogP) is 4.10. The Balaban J connectivity index is 1.47. The standard InChI is InChI=1S/C19H17N5S2/c1-2-18(26-9-1)19-20-13-17-16(22-19)12-21-24(17)15-5-3-14(4-6-15)23-7-10-25-11-8-23/h1-6,9,12-13H,7-8,10-11H2. The van der Waals surface area contributed by atoms with Crippen molar-refractivity contribution in [2.75, 3.05) is 29.5 Å². The topological polar surface area (TPSA) is 46.8 Å². The van der Waals surface area contributed by atoms with Gasteiger partial charge in [-0.2, -0.15) is 16.9 Å². The van der Waals surface area contributed by atoms with Crippen molar-refractivity contribution in [2.45, 2.75) is 0 Å². The number of nitrogens with zero attached hydrogens (tertiary/aromatic N) is 5. The quantitative estimate of drug-likeness (QED) is 0.536. The highest BCUT2D eigenvalue weighted by Gasteiger charge is 2.13. The molecule has 7 heteroatoms. The summed E-state index contributed by atoms with van der Waals surface area (Å²) in [5, 5.41) is 6.57. The molecule has 4 heterocycles. The van der Waals surface area contributed by atoms with Crippen molar-refractivity contribution >= 4 is 39.8 Å². The monoisotopic (exact) mass is 379 g/mol. The molecule has 0 bridgehead atoms. The largest absolute Gasteiger partial charge is 0.370 e. The third-order valence-electron chi connectivity index (χ3n) is 4.53. The van der Waals surface area contributed by atoms with Crippen LogP contribution < -0.4 is 4.90 Å². The van der Waals surface area contributed by atoms with Crippen molar-refractivity contribution in [3.63, 3.8) is 0 Å². The van der Waals surface area contributed by atoms with E-state index in [0.717, 1.165) is 40.5 Å². The number of thioether (sulfide) groups is 1. The number of aromatic nitrogens is 4. The molecule has 4 aromatic rings. The molecule has 0 saturated carbocycles. The summed E-state index contributed by atoms with van der Waals surface area (Å²) in [5.41, 5.74) is 4.09. The van der Waals surface area contributed by atoms with Gasteiger partial charge in [0.05, 0.1) is 23.0 Å². The van der Waals surface area contributed by atoms with Crippen LogP contribution in [0.1, 0.15) is 0 Å². The van der Waals surface area contributed by atoms with E-state index in [-0.39, 0.29) is 0 Å². The van der Waals surface area contributed by atoms with E-state index < -0.39 is 0 Å². The normalized spacial score (nSPS) is 14.8. The summed E-state index contributed by atoms with van der Waals surface area (Å²) in [7, 11) is 0.